The molecule has 0 bridgehead atoms. The third-order valence-corrected chi connectivity index (χ3v) is 3.43. The van der Waals surface area contributed by atoms with Crippen LogP contribution >= 0.6 is 0 Å². The van der Waals surface area contributed by atoms with Gasteiger partial charge in [0.25, 0.3) is 5.69 Å². The zero-order valence-corrected chi connectivity index (χ0v) is 11.4. The second-order valence-corrected chi connectivity index (χ2v) is 4.95. The molecule has 2 N–H and O–H groups in total. The van der Waals surface area contributed by atoms with Gasteiger partial charge in [-0.25, -0.2) is 4.79 Å². The number of carbonyl (C=O) groups is 2. The van der Waals surface area contributed by atoms with E-state index >= 15 is 0 Å². The summed E-state index contributed by atoms with van der Waals surface area (Å²) in [6.45, 7) is 0.455. The molecule has 21 heavy (non-hydrogen) atoms. The molecule has 0 aromatic heterocycles. The Labute approximate surface area is 120 Å². The molecule has 1 aliphatic heterocycles. The van der Waals surface area contributed by atoms with E-state index in [9.17, 15) is 19.7 Å². The minimum atomic E-state index is -1.22. The fraction of sp³-hybridized carbons (Fsp3) is 0.385. The van der Waals surface area contributed by atoms with Crippen molar-refractivity contribution in [1.82, 2.24) is 4.90 Å². The predicted octanol–water partition coefficient (Wildman–Crippen LogP) is 1.33. The fourth-order valence-corrected chi connectivity index (χ4v) is 2.29. The number of carboxylic acids is 1. The number of nitro groups is 1. The van der Waals surface area contributed by atoms with Crippen molar-refractivity contribution in [3.63, 3.8) is 0 Å². The van der Waals surface area contributed by atoms with Crippen LogP contribution in [0.4, 0.5) is 11.4 Å². The van der Waals surface area contributed by atoms with Crippen molar-refractivity contribution in [3.05, 3.63) is 33.9 Å². The van der Waals surface area contributed by atoms with E-state index in [1.165, 1.54) is 12.1 Å². The first-order valence-corrected chi connectivity index (χ1v) is 6.40. The summed E-state index contributed by atoms with van der Waals surface area (Å²) in [7, 11) is 1.68. The summed E-state index contributed by atoms with van der Waals surface area (Å²) in [5.74, 6) is -1.17. The fourth-order valence-electron chi connectivity index (χ4n) is 2.29. The number of piperidine rings is 1. The van der Waals surface area contributed by atoms with Gasteiger partial charge in [-0.1, -0.05) is 0 Å². The van der Waals surface area contributed by atoms with Crippen molar-refractivity contribution >= 4 is 23.3 Å². The maximum atomic E-state index is 11.4. The minimum absolute atomic E-state index is 0.0452. The number of nitro benzene ring substituents is 1. The van der Waals surface area contributed by atoms with Crippen LogP contribution in [-0.2, 0) is 4.79 Å². The highest BCUT2D eigenvalue weighted by Crippen LogP contribution is 2.27. The van der Waals surface area contributed by atoms with Gasteiger partial charge in [0, 0.05) is 32.1 Å². The Morgan fingerprint density at radius 2 is 2.24 bits per heavy atom. The van der Waals surface area contributed by atoms with E-state index in [2.05, 4.69) is 5.32 Å². The molecule has 0 aliphatic carbocycles. The highest BCUT2D eigenvalue weighted by atomic mass is 16.6. The number of nitrogens with zero attached hydrogens (tertiary/aromatic N) is 2. The third-order valence-electron chi connectivity index (χ3n) is 3.43. The van der Waals surface area contributed by atoms with Crippen LogP contribution in [0.3, 0.4) is 0 Å². The van der Waals surface area contributed by atoms with Crippen LogP contribution in [0.2, 0.25) is 0 Å². The van der Waals surface area contributed by atoms with Gasteiger partial charge in [0.05, 0.1) is 10.5 Å². The van der Waals surface area contributed by atoms with Crippen LogP contribution < -0.4 is 5.32 Å². The van der Waals surface area contributed by atoms with Crippen LogP contribution in [0.5, 0.6) is 0 Å². The van der Waals surface area contributed by atoms with Crippen molar-refractivity contribution in [2.75, 3.05) is 18.9 Å². The van der Waals surface area contributed by atoms with Gasteiger partial charge in [-0.05, 0) is 18.6 Å². The van der Waals surface area contributed by atoms with Crippen molar-refractivity contribution in [2.45, 2.75) is 18.9 Å². The zero-order valence-electron chi connectivity index (χ0n) is 11.4. The van der Waals surface area contributed by atoms with Gasteiger partial charge < -0.3 is 15.3 Å². The molecule has 2 rings (SSSR count). The normalized spacial score (nSPS) is 18.4. The van der Waals surface area contributed by atoms with Gasteiger partial charge in [0.15, 0.2) is 0 Å². The number of nitrogens with one attached hydrogen (secondary N) is 1. The summed E-state index contributed by atoms with van der Waals surface area (Å²) in [6.07, 6.45) is 0.968. The number of rotatable bonds is 4. The minimum Gasteiger partial charge on any atom is -0.478 e. The number of hydrogen-bond acceptors (Lipinski definition) is 5. The Balaban J connectivity index is 2.21. The highest BCUT2D eigenvalue weighted by molar-refractivity contribution is 5.89. The third kappa shape index (κ3) is 3.28. The molecule has 8 nitrogen and oxygen atoms in total. The van der Waals surface area contributed by atoms with Crippen molar-refractivity contribution < 1.29 is 19.6 Å². The molecule has 1 aromatic carbocycles. The number of likely N-dealkylation sites (N-methyl/N-ethyl adjacent to an activating group) is 1. The highest BCUT2D eigenvalue weighted by Gasteiger charge is 2.25. The molecule has 1 aliphatic rings. The van der Waals surface area contributed by atoms with Crippen LogP contribution in [0.25, 0.3) is 0 Å². The molecule has 0 spiro atoms. The summed E-state index contributed by atoms with van der Waals surface area (Å²) in [4.78, 5) is 34.3. The van der Waals surface area contributed by atoms with Crippen molar-refractivity contribution in [2.24, 2.45) is 0 Å². The Hall–Kier alpha value is -2.64. The van der Waals surface area contributed by atoms with E-state index in [4.69, 9.17) is 5.11 Å². The number of hydrogen-bond donors (Lipinski definition) is 2. The van der Waals surface area contributed by atoms with Gasteiger partial charge in [-0.2, -0.15) is 0 Å². The van der Waals surface area contributed by atoms with Crippen LogP contribution in [0, 0.1) is 10.1 Å². The maximum Gasteiger partial charge on any atom is 0.335 e. The van der Waals surface area contributed by atoms with Gasteiger partial charge in [0.1, 0.15) is 5.69 Å². The molecule has 1 aromatic rings. The van der Waals surface area contributed by atoms with Crippen LogP contribution in [-0.4, -0.2) is 46.4 Å². The Morgan fingerprint density at radius 1 is 1.52 bits per heavy atom. The summed E-state index contributed by atoms with van der Waals surface area (Å²) >= 11 is 0. The molecule has 1 fully saturated rings. The lowest BCUT2D eigenvalue weighted by molar-refractivity contribution is -0.384. The average molecular weight is 293 g/mol. The van der Waals surface area contributed by atoms with Crippen molar-refractivity contribution in [1.29, 1.82) is 0 Å². The van der Waals surface area contributed by atoms with Gasteiger partial charge in [-0.3, -0.25) is 14.9 Å². The van der Waals surface area contributed by atoms with Gasteiger partial charge in [0.2, 0.25) is 5.91 Å². The molecule has 1 amide bonds. The lowest BCUT2D eigenvalue weighted by Crippen LogP contribution is -2.43. The van der Waals surface area contributed by atoms with Gasteiger partial charge in [-0.15, -0.1) is 0 Å². The number of benzene rings is 1. The molecule has 1 atom stereocenters. The molecule has 0 radical (unpaired) electrons. The Morgan fingerprint density at radius 3 is 2.81 bits per heavy atom. The van der Waals surface area contributed by atoms with Crippen molar-refractivity contribution in [3.8, 4) is 0 Å². The van der Waals surface area contributed by atoms with E-state index in [0.29, 0.717) is 19.4 Å². The standard InChI is InChI=1S/C13H15N3O5/c1-15-7-9(3-5-12(15)17)14-10-4-2-8(13(18)19)6-11(10)16(20)21/h2,4,6,9,14H,3,5,7H2,1H3,(H,18,19). The number of carboxylic acid groups (broad SMARTS) is 1. The predicted molar refractivity (Wildman–Crippen MR) is 74.3 cm³/mol. The SMILES string of the molecule is CN1CC(Nc2ccc(C(=O)O)cc2[N+](=O)[O-])CCC1=O. The smallest absolute Gasteiger partial charge is 0.335 e. The lowest BCUT2D eigenvalue weighted by atomic mass is 10.0. The molecule has 1 heterocycles. The maximum absolute atomic E-state index is 11.4. The number of likely N-dealkylation sites (tertiary alicyclic amines) is 1. The van der Waals surface area contributed by atoms with E-state index in [0.717, 1.165) is 6.07 Å². The average Bonchev–Trinajstić information content (AvgIpc) is 2.43. The number of anilines is 1. The number of carbonyl (C=O) groups excluding carboxylic acids is 1. The first-order chi connectivity index (χ1) is 9.88. The molecular formula is C13H15N3O5. The van der Waals surface area contributed by atoms with E-state index in [1.54, 1.807) is 11.9 Å². The summed E-state index contributed by atoms with van der Waals surface area (Å²) in [5.41, 5.74) is -0.157. The quantitative estimate of drug-likeness (QED) is 0.639. The second kappa shape index (κ2) is 5.78. The monoisotopic (exact) mass is 293 g/mol. The first-order valence-electron chi connectivity index (χ1n) is 6.40. The van der Waals surface area contributed by atoms with Gasteiger partial charge >= 0.3 is 5.97 Å². The van der Waals surface area contributed by atoms with E-state index in [-0.39, 0.29) is 28.9 Å². The van der Waals surface area contributed by atoms with E-state index in [1.807, 2.05) is 0 Å². The Bertz CT molecular complexity index is 601. The number of amides is 1. The Kier molecular flexibility index (Phi) is 4.06. The first kappa shape index (κ1) is 14.8. The molecular weight excluding hydrogens is 278 g/mol. The van der Waals surface area contributed by atoms with E-state index < -0.39 is 10.9 Å². The zero-order chi connectivity index (χ0) is 15.6. The molecule has 0 saturated carbocycles. The topological polar surface area (TPSA) is 113 Å². The summed E-state index contributed by atoms with van der Waals surface area (Å²) < 4.78 is 0. The molecule has 8 heteroatoms. The summed E-state index contributed by atoms with van der Waals surface area (Å²) in [5, 5.41) is 23.0. The summed E-state index contributed by atoms with van der Waals surface area (Å²) in [6, 6.07) is 3.64. The number of aromatic carboxylic acids is 1. The molecule has 1 saturated heterocycles. The largest absolute Gasteiger partial charge is 0.478 e. The second-order valence-electron chi connectivity index (χ2n) is 4.95. The van der Waals surface area contributed by atoms with Crippen LogP contribution in [0.15, 0.2) is 18.2 Å². The molecule has 112 valence electrons. The lowest BCUT2D eigenvalue weighted by Gasteiger charge is -2.30. The van der Waals surface area contributed by atoms with Crippen LogP contribution in [0.1, 0.15) is 23.2 Å². The molecule has 1 unspecified atom stereocenters.